The fourth-order valence-corrected chi connectivity index (χ4v) is 2.34. The summed E-state index contributed by atoms with van der Waals surface area (Å²) < 4.78 is 5.58. The number of hydrogen-bond donors (Lipinski definition) is 2. The second kappa shape index (κ2) is 6.36. The Kier molecular flexibility index (Phi) is 4.10. The summed E-state index contributed by atoms with van der Waals surface area (Å²) >= 11 is 0. The highest BCUT2D eigenvalue weighted by atomic mass is 16.5. The molecule has 3 rings (SSSR count). The van der Waals surface area contributed by atoms with E-state index in [2.05, 4.69) is 10.6 Å². The zero-order valence-electron chi connectivity index (χ0n) is 12.6. The van der Waals surface area contributed by atoms with Crippen LogP contribution < -0.4 is 15.4 Å². The molecule has 0 aromatic heterocycles. The molecule has 5 nitrogen and oxygen atoms in total. The van der Waals surface area contributed by atoms with Crippen LogP contribution in [0.2, 0.25) is 0 Å². The van der Waals surface area contributed by atoms with Crippen LogP contribution in [0.3, 0.4) is 0 Å². The van der Waals surface area contributed by atoms with Crippen molar-refractivity contribution in [2.75, 3.05) is 19.0 Å². The standard InChI is InChI=1S/C18H16N2O3/c1-19-17(21)13-6-4-7-15(10-13)20-18(22)14-9-12-5-2-3-8-16(12)23-11-14/h2-10H,11H2,1H3,(H,19,21)(H,20,22). The molecule has 0 fully saturated rings. The lowest BCUT2D eigenvalue weighted by Gasteiger charge is -2.17. The van der Waals surface area contributed by atoms with E-state index >= 15 is 0 Å². The van der Waals surface area contributed by atoms with Crippen molar-refractivity contribution >= 4 is 23.6 Å². The van der Waals surface area contributed by atoms with Crippen LogP contribution >= 0.6 is 0 Å². The molecule has 2 aromatic carbocycles. The van der Waals surface area contributed by atoms with Crippen LogP contribution in [0.25, 0.3) is 6.08 Å². The largest absolute Gasteiger partial charge is 0.488 e. The molecule has 1 aliphatic heterocycles. The number of fused-ring (bicyclic) bond motifs is 1. The Hall–Kier alpha value is -3.08. The van der Waals surface area contributed by atoms with Gasteiger partial charge in [-0.3, -0.25) is 9.59 Å². The summed E-state index contributed by atoms with van der Waals surface area (Å²) in [6.45, 7) is 0.220. The number of para-hydroxylation sites is 1. The molecule has 0 spiro atoms. The number of carbonyl (C=O) groups is 2. The van der Waals surface area contributed by atoms with Crippen LogP contribution in [0.1, 0.15) is 15.9 Å². The Labute approximate surface area is 134 Å². The summed E-state index contributed by atoms with van der Waals surface area (Å²) in [5.41, 5.74) is 2.47. The van der Waals surface area contributed by atoms with Crippen LogP contribution in [0, 0.1) is 0 Å². The van der Waals surface area contributed by atoms with Gasteiger partial charge in [0.05, 0.1) is 5.57 Å². The molecule has 2 N–H and O–H groups in total. The molecule has 5 heteroatoms. The SMILES string of the molecule is CNC(=O)c1cccc(NC(=O)C2=Cc3ccccc3OC2)c1. The summed E-state index contributed by atoms with van der Waals surface area (Å²) in [6.07, 6.45) is 1.82. The molecular formula is C18H16N2O3. The number of nitrogens with one attached hydrogen (secondary N) is 2. The van der Waals surface area contributed by atoms with Crippen LogP contribution in [0.15, 0.2) is 54.1 Å². The Balaban J connectivity index is 1.78. The maximum absolute atomic E-state index is 12.4. The molecule has 0 unspecified atom stereocenters. The molecule has 0 atom stereocenters. The van der Waals surface area contributed by atoms with Crippen LogP contribution in [0.4, 0.5) is 5.69 Å². The fraction of sp³-hybridized carbons (Fsp3) is 0.111. The van der Waals surface area contributed by atoms with Gasteiger partial charge >= 0.3 is 0 Å². The van der Waals surface area contributed by atoms with Crippen molar-refractivity contribution in [3.63, 3.8) is 0 Å². The number of rotatable bonds is 3. The Bertz CT molecular complexity index is 796. The van der Waals surface area contributed by atoms with E-state index in [0.29, 0.717) is 16.8 Å². The molecule has 0 radical (unpaired) electrons. The molecule has 0 aliphatic carbocycles. The zero-order valence-corrected chi connectivity index (χ0v) is 12.6. The number of benzene rings is 2. The van der Waals surface area contributed by atoms with E-state index in [1.165, 1.54) is 0 Å². The van der Waals surface area contributed by atoms with Gasteiger partial charge in [-0.1, -0.05) is 24.3 Å². The lowest BCUT2D eigenvalue weighted by atomic mass is 10.1. The molecule has 0 bridgehead atoms. The third-order valence-corrected chi connectivity index (χ3v) is 3.53. The maximum atomic E-state index is 12.4. The van der Waals surface area contributed by atoms with E-state index in [9.17, 15) is 9.59 Å². The van der Waals surface area contributed by atoms with Crippen LogP contribution in [-0.4, -0.2) is 25.5 Å². The van der Waals surface area contributed by atoms with E-state index < -0.39 is 0 Å². The third kappa shape index (κ3) is 3.23. The van der Waals surface area contributed by atoms with E-state index in [-0.39, 0.29) is 18.4 Å². The smallest absolute Gasteiger partial charge is 0.255 e. The number of hydrogen-bond acceptors (Lipinski definition) is 3. The van der Waals surface area contributed by atoms with Crippen molar-refractivity contribution in [2.24, 2.45) is 0 Å². The minimum absolute atomic E-state index is 0.199. The van der Waals surface area contributed by atoms with Crippen molar-refractivity contribution in [1.82, 2.24) is 5.32 Å². The molecule has 0 saturated heterocycles. The highest BCUT2D eigenvalue weighted by molar-refractivity contribution is 6.08. The van der Waals surface area contributed by atoms with E-state index in [0.717, 1.165) is 11.3 Å². The minimum atomic E-state index is -0.242. The fourth-order valence-electron chi connectivity index (χ4n) is 2.34. The van der Waals surface area contributed by atoms with E-state index in [4.69, 9.17) is 4.74 Å². The third-order valence-electron chi connectivity index (χ3n) is 3.53. The van der Waals surface area contributed by atoms with Gasteiger partial charge in [-0.15, -0.1) is 0 Å². The second-order valence-corrected chi connectivity index (χ2v) is 5.11. The van der Waals surface area contributed by atoms with Crippen molar-refractivity contribution < 1.29 is 14.3 Å². The number of ether oxygens (including phenoxy) is 1. The predicted molar refractivity (Wildman–Crippen MR) is 88.4 cm³/mol. The average Bonchev–Trinajstić information content (AvgIpc) is 2.60. The molecule has 116 valence electrons. The molecule has 2 aromatic rings. The monoisotopic (exact) mass is 308 g/mol. The summed E-state index contributed by atoms with van der Waals surface area (Å²) in [5, 5.41) is 5.35. The first kappa shape index (κ1) is 14.8. The lowest BCUT2D eigenvalue weighted by Crippen LogP contribution is -2.22. The molecule has 0 saturated carbocycles. The Morgan fingerprint density at radius 1 is 1.04 bits per heavy atom. The molecule has 1 heterocycles. The van der Waals surface area contributed by atoms with Gasteiger partial charge in [-0.2, -0.15) is 0 Å². The van der Waals surface area contributed by atoms with Gasteiger partial charge < -0.3 is 15.4 Å². The normalized spacial score (nSPS) is 12.5. The van der Waals surface area contributed by atoms with E-state index in [1.54, 1.807) is 31.3 Å². The number of carbonyl (C=O) groups excluding carboxylic acids is 2. The Morgan fingerprint density at radius 3 is 2.70 bits per heavy atom. The topological polar surface area (TPSA) is 67.4 Å². The van der Waals surface area contributed by atoms with E-state index in [1.807, 2.05) is 30.3 Å². The quantitative estimate of drug-likeness (QED) is 0.915. The van der Waals surface area contributed by atoms with Gasteiger partial charge in [0, 0.05) is 23.9 Å². The van der Waals surface area contributed by atoms with Gasteiger partial charge in [-0.05, 0) is 30.3 Å². The van der Waals surface area contributed by atoms with Gasteiger partial charge in [0.15, 0.2) is 0 Å². The lowest BCUT2D eigenvalue weighted by molar-refractivity contribution is -0.113. The Morgan fingerprint density at radius 2 is 1.87 bits per heavy atom. The maximum Gasteiger partial charge on any atom is 0.255 e. The van der Waals surface area contributed by atoms with Gasteiger partial charge in [-0.25, -0.2) is 0 Å². The zero-order chi connectivity index (χ0) is 16.2. The first-order valence-corrected chi connectivity index (χ1v) is 7.23. The van der Waals surface area contributed by atoms with Crippen molar-refractivity contribution in [2.45, 2.75) is 0 Å². The highest BCUT2D eigenvalue weighted by Crippen LogP contribution is 2.26. The summed E-state index contributed by atoms with van der Waals surface area (Å²) in [7, 11) is 1.56. The first-order chi connectivity index (χ1) is 11.2. The summed E-state index contributed by atoms with van der Waals surface area (Å²) in [4.78, 5) is 24.0. The van der Waals surface area contributed by atoms with Gasteiger partial charge in [0.2, 0.25) is 0 Å². The average molecular weight is 308 g/mol. The van der Waals surface area contributed by atoms with Crippen LogP contribution in [0.5, 0.6) is 5.75 Å². The second-order valence-electron chi connectivity index (χ2n) is 5.11. The molecule has 1 aliphatic rings. The number of amides is 2. The first-order valence-electron chi connectivity index (χ1n) is 7.23. The molecular weight excluding hydrogens is 292 g/mol. The summed E-state index contributed by atoms with van der Waals surface area (Å²) in [5.74, 6) is 0.328. The van der Waals surface area contributed by atoms with Crippen molar-refractivity contribution in [1.29, 1.82) is 0 Å². The number of anilines is 1. The predicted octanol–water partition coefficient (Wildman–Crippen LogP) is 2.46. The van der Waals surface area contributed by atoms with Crippen LogP contribution in [-0.2, 0) is 4.79 Å². The molecule has 2 amide bonds. The highest BCUT2D eigenvalue weighted by Gasteiger charge is 2.17. The van der Waals surface area contributed by atoms with Gasteiger partial charge in [0.25, 0.3) is 11.8 Å². The summed E-state index contributed by atoms with van der Waals surface area (Å²) in [6, 6.07) is 14.3. The molecule has 23 heavy (non-hydrogen) atoms. The minimum Gasteiger partial charge on any atom is -0.488 e. The van der Waals surface area contributed by atoms with Gasteiger partial charge in [0.1, 0.15) is 12.4 Å². The van der Waals surface area contributed by atoms with Crippen molar-refractivity contribution in [3.05, 3.63) is 65.2 Å². The van der Waals surface area contributed by atoms with Crippen molar-refractivity contribution in [3.8, 4) is 5.75 Å².